The van der Waals surface area contributed by atoms with Crippen molar-refractivity contribution >= 4 is 5.82 Å². The lowest BCUT2D eigenvalue weighted by Crippen LogP contribution is -2.16. The zero-order chi connectivity index (χ0) is 12.8. The summed E-state index contributed by atoms with van der Waals surface area (Å²) < 4.78 is 5.85. The van der Waals surface area contributed by atoms with E-state index in [0.717, 1.165) is 24.3 Å². The van der Waals surface area contributed by atoms with E-state index in [1.165, 1.54) is 0 Å². The zero-order valence-corrected chi connectivity index (χ0v) is 11.4. The monoisotopic (exact) mass is 237 g/mol. The number of nitrogens with one attached hydrogen (secondary N) is 1. The second kappa shape index (κ2) is 6.42. The molecule has 0 spiro atoms. The van der Waals surface area contributed by atoms with Crippen molar-refractivity contribution in [2.24, 2.45) is 5.92 Å². The topological polar surface area (TPSA) is 47.0 Å². The summed E-state index contributed by atoms with van der Waals surface area (Å²) in [4.78, 5) is 8.39. The van der Waals surface area contributed by atoms with E-state index in [1.807, 2.05) is 13.8 Å². The molecule has 4 nitrogen and oxygen atoms in total. The summed E-state index contributed by atoms with van der Waals surface area (Å²) in [5.41, 5.74) is 0.977. The van der Waals surface area contributed by atoms with Gasteiger partial charge in [0.25, 0.3) is 0 Å². The molecular formula is C13H23N3O. The van der Waals surface area contributed by atoms with Crippen LogP contribution in [-0.4, -0.2) is 22.6 Å². The number of ether oxygens (including phenoxy) is 1. The molecule has 0 aliphatic heterocycles. The van der Waals surface area contributed by atoms with Gasteiger partial charge in [0.2, 0.25) is 5.88 Å². The molecular weight excluding hydrogens is 214 g/mol. The average molecular weight is 237 g/mol. The number of hydrogen-bond donors (Lipinski definition) is 1. The van der Waals surface area contributed by atoms with Gasteiger partial charge in [-0.2, -0.15) is 0 Å². The molecule has 0 aromatic carbocycles. The first-order valence-electron chi connectivity index (χ1n) is 6.26. The van der Waals surface area contributed by atoms with Crippen LogP contribution in [0.5, 0.6) is 5.88 Å². The summed E-state index contributed by atoms with van der Waals surface area (Å²) in [5.74, 6) is 2.17. The summed E-state index contributed by atoms with van der Waals surface area (Å²) >= 11 is 0. The van der Waals surface area contributed by atoms with E-state index in [4.69, 9.17) is 4.74 Å². The molecule has 1 rings (SSSR count). The molecule has 1 aromatic heterocycles. The van der Waals surface area contributed by atoms with Crippen LogP contribution in [0.15, 0.2) is 6.33 Å². The maximum atomic E-state index is 5.85. The van der Waals surface area contributed by atoms with Crippen molar-refractivity contribution in [1.29, 1.82) is 0 Å². The molecule has 1 N–H and O–H groups in total. The fourth-order valence-electron chi connectivity index (χ4n) is 1.80. The lowest BCUT2D eigenvalue weighted by Gasteiger charge is -2.18. The second-order valence-electron chi connectivity index (χ2n) is 4.74. The lowest BCUT2D eigenvalue weighted by atomic mass is 10.1. The molecule has 0 aliphatic rings. The van der Waals surface area contributed by atoms with E-state index in [0.29, 0.717) is 11.8 Å². The van der Waals surface area contributed by atoms with Crippen molar-refractivity contribution in [1.82, 2.24) is 9.97 Å². The molecule has 0 aliphatic carbocycles. The van der Waals surface area contributed by atoms with Crippen LogP contribution in [0.1, 0.15) is 39.7 Å². The Morgan fingerprint density at radius 3 is 2.59 bits per heavy atom. The number of anilines is 1. The van der Waals surface area contributed by atoms with Gasteiger partial charge in [-0.3, -0.25) is 0 Å². The highest BCUT2D eigenvalue weighted by Gasteiger charge is 2.12. The Morgan fingerprint density at radius 1 is 1.29 bits per heavy atom. The van der Waals surface area contributed by atoms with Gasteiger partial charge >= 0.3 is 0 Å². The summed E-state index contributed by atoms with van der Waals surface area (Å²) in [6, 6.07) is 0. The summed E-state index contributed by atoms with van der Waals surface area (Å²) in [5, 5.41) is 3.20. The van der Waals surface area contributed by atoms with Gasteiger partial charge in [-0.1, -0.05) is 13.8 Å². The maximum Gasteiger partial charge on any atom is 0.221 e. The fourth-order valence-corrected chi connectivity index (χ4v) is 1.80. The maximum absolute atomic E-state index is 5.85. The van der Waals surface area contributed by atoms with Crippen LogP contribution in [0.4, 0.5) is 5.82 Å². The average Bonchev–Trinajstić information content (AvgIpc) is 2.23. The van der Waals surface area contributed by atoms with Gasteiger partial charge in [-0.25, -0.2) is 9.97 Å². The number of aromatic nitrogens is 2. The minimum atomic E-state index is 0.179. The van der Waals surface area contributed by atoms with Crippen molar-refractivity contribution in [3.63, 3.8) is 0 Å². The molecule has 0 saturated carbocycles. The van der Waals surface area contributed by atoms with Gasteiger partial charge in [0.15, 0.2) is 0 Å². The molecule has 1 atom stereocenters. The largest absolute Gasteiger partial charge is 0.474 e. The van der Waals surface area contributed by atoms with E-state index in [9.17, 15) is 0 Å². The molecule has 0 radical (unpaired) electrons. The Kier molecular flexibility index (Phi) is 5.19. The van der Waals surface area contributed by atoms with E-state index in [-0.39, 0.29) is 6.10 Å². The van der Waals surface area contributed by atoms with Crippen LogP contribution in [0.3, 0.4) is 0 Å². The summed E-state index contributed by atoms with van der Waals surface area (Å²) in [6.07, 6.45) is 2.75. The first-order chi connectivity index (χ1) is 8.04. The molecule has 1 heterocycles. The van der Waals surface area contributed by atoms with Crippen molar-refractivity contribution in [3.05, 3.63) is 11.9 Å². The minimum absolute atomic E-state index is 0.179. The van der Waals surface area contributed by atoms with Crippen molar-refractivity contribution in [3.8, 4) is 5.88 Å². The zero-order valence-electron chi connectivity index (χ0n) is 11.4. The normalized spacial score (nSPS) is 12.6. The second-order valence-corrected chi connectivity index (χ2v) is 4.74. The molecule has 0 bridgehead atoms. The highest BCUT2D eigenvalue weighted by molar-refractivity contribution is 5.47. The van der Waals surface area contributed by atoms with Gasteiger partial charge < -0.3 is 10.1 Å². The first-order valence-corrected chi connectivity index (χ1v) is 6.26. The quantitative estimate of drug-likeness (QED) is 0.826. The lowest BCUT2D eigenvalue weighted by molar-refractivity contribution is 0.184. The van der Waals surface area contributed by atoms with Crippen LogP contribution >= 0.6 is 0 Å². The molecule has 0 fully saturated rings. The van der Waals surface area contributed by atoms with Gasteiger partial charge in [-0.15, -0.1) is 0 Å². The van der Waals surface area contributed by atoms with Crippen molar-refractivity contribution in [2.45, 2.75) is 47.1 Å². The first kappa shape index (κ1) is 13.7. The van der Waals surface area contributed by atoms with E-state index >= 15 is 0 Å². The highest BCUT2D eigenvalue weighted by Crippen LogP contribution is 2.22. The minimum Gasteiger partial charge on any atom is -0.474 e. The third-order valence-electron chi connectivity index (χ3n) is 2.50. The Balaban J connectivity index is 2.73. The van der Waals surface area contributed by atoms with Crippen LogP contribution < -0.4 is 10.1 Å². The van der Waals surface area contributed by atoms with Crippen LogP contribution in [0, 0.1) is 12.8 Å². The van der Waals surface area contributed by atoms with Crippen molar-refractivity contribution in [2.75, 3.05) is 11.9 Å². The third kappa shape index (κ3) is 4.21. The van der Waals surface area contributed by atoms with Gasteiger partial charge in [0, 0.05) is 6.54 Å². The fraction of sp³-hybridized carbons (Fsp3) is 0.692. The Bertz CT molecular complexity index is 353. The predicted octanol–water partition coefficient (Wildman–Crippen LogP) is 3.03. The molecule has 96 valence electrons. The highest BCUT2D eigenvalue weighted by atomic mass is 16.5. The smallest absolute Gasteiger partial charge is 0.221 e. The van der Waals surface area contributed by atoms with E-state index in [2.05, 4.69) is 36.1 Å². The molecule has 1 aromatic rings. The SMILES string of the molecule is CCNc1ncnc(OC(C)CC(C)C)c1C. The number of hydrogen-bond acceptors (Lipinski definition) is 4. The number of rotatable bonds is 6. The van der Waals surface area contributed by atoms with E-state index < -0.39 is 0 Å². The molecule has 4 heteroatoms. The molecule has 0 saturated heterocycles. The standard InChI is InChI=1S/C13H23N3O/c1-6-14-12-11(5)13(16-8-15-12)17-10(4)7-9(2)3/h8-10H,6-7H2,1-5H3,(H,14,15,16). The van der Waals surface area contributed by atoms with Crippen LogP contribution in [0.25, 0.3) is 0 Å². The number of nitrogens with zero attached hydrogens (tertiary/aromatic N) is 2. The van der Waals surface area contributed by atoms with Crippen LogP contribution in [0.2, 0.25) is 0 Å². The Labute approximate surface area is 104 Å². The summed E-state index contributed by atoms with van der Waals surface area (Å²) in [6.45, 7) is 11.3. The summed E-state index contributed by atoms with van der Waals surface area (Å²) in [7, 11) is 0. The molecule has 1 unspecified atom stereocenters. The Hall–Kier alpha value is -1.32. The van der Waals surface area contributed by atoms with E-state index in [1.54, 1.807) is 6.33 Å². The van der Waals surface area contributed by atoms with Gasteiger partial charge in [0.1, 0.15) is 12.1 Å². The van der Waals surface area contributed by atoms with Crippen molar-refractivity contribution < 1.29 is 4.74 Å². The van der Waals surface area contributed by atoms with Gasteiger partial charge in [0.05, 0.1) is 11.7 Å². The predicted molar refractivity (Wildman–Crippen MR) is 70.5 cm³/mol. The third-order valence-corrected chi connectivity index (χ3v) is 2.50. The van der Waals surface area contributed by atoms with Gasteiger partial charge in [-0.05, 0) is 33.1 Å². The molecule has 17 heavy (non-hydrogen) atoms. The van der Waals surface area contributed by atoms with Crippen LogP contribution in [-0.2, 0) is 0 Å². The Morgan fingerprint density at radius 2 is 2.00 bits per heavy atom. The molecule has 0 amide bonds.